The van der Waals surface area contributed by atoms with E-state index >= 15 is 0 Å². The van der Waals surface area contributed by atoms with Crippen LogP contribution in [0.1, 0.15) is 18.4 Å². The minimum atomic E-state index is -0.504. The van der Waals surface area contributed by atoms with E-state index in [0.717, 1.165) is 0 Å². The molecule has 14 heavy (non-hydrogen) atoms. The predicted molar refractivity (Wildman–Crippen MR) is 53.5 cm³/mol. The maximum absolute atomic E-state index is 13.3. The fraction of sp³-hybridized carbons (Fsp3) is 0.400. The van der Waals surface area contributed by atoms with Gasteiger partial charge in [-0.1, -0.05) is 18.5 Å². The van der Waals surface area contributed by atoms with Gasteiger partial charge in [0.05, 0.1) is 12.1 Å². The predicted octanol–water partition coefficient (Wildman–Crippen LogP) is 2.58. The lowest BCUT2D eigenvalue weighted by Crippen LogP contribution is -2.00. The molecule has 1 N–H and O–H groups in total. The SMILES string of the molecule is COc1c(F)cc(C(C)CO)cc1Cl. The molecule has 0 fully saturated rings. The van der Waals surface area contributed by atoms with E-state index in [4.69, 9.17) is 21.4 Å². The highest BCUT2D eigenvalue weighted by atomic mass is 35.5. The van der Waals surface area contributed by atoms with Gasteiger partial charge in [-0.3, -0.25) is 0 Å². The molecule has 0 saturated heterocycles. The van der Waals surface area contributed by atoms with Crippen LogP contribution in [0.4, 0.5) is 4.39 Å². The summed E-state index contributed by atoms with van der Waals surface area (Å²) >= 11 is 5.79. The Labute approximate surface area is 87.3 Å². The van der Waals surface area contributed by atoms with Crippen molar-refractivity contribution < 1.29 is 14.2 Å². The second-order valence-electron chi connectivity index (χ2n) is 3.10. The van der Waals surface area contributed by atoms with Crippen molar-refractivity contribution in [3.8, 4) is 5.75 Å². The highest BCUT2D eigenvalue weighted by Crippen LogP contribution is 2.31. The molecule has 1 aromatic carbocycles. The van der Waals surface area contributed by atoms with Gasteiger partial charge in [0.2, 0.25) is 0 Å². The van der Waals surface area contributed by atoms with E-state index in [9.17, 15) is 4.39 Å². The van der Waals surface area contributed by atoms with Crippen molar-refractivity contribution in [3.63, 3.8) is 0 Å². The number of aliphatic hydroxyl groups excluding tert-OH is 1. The maximum atomic E-state index is 13.3. The van der Waals surface area contributed by atoms with Crippen LogP contribution in [0, 0.1) is 5.82 Å². The van der Waals surface area contributed by atoms with Gasteiger partial charge >= 0.3 is 0 Å². The van der Waals surface area contributed by atoms with Crippen LogP contribution in [-0.4, -0.2) is 18.8 Å². The summed E-state index contributed by atoms with van der Waals surface area (Å²) < 4.78 is 18.1. The third-order valence-electron chi connectivity index (χ3n) is 2.07. The monoisotopic (exact) mass is 218 g/mol. The van der Waals surface area contributed by atoms with Crippen LogP contribution in [-0.2, 0) is 0 Å². The van der Waals surface area contributed by atoms with Crippen molar-refractivity contribution in [1.82, 2.24) is 0 Å². The number of benzene rings is 1. The van der Waals surface area contributed by atoms with E-state index in [1.807, 2.05) is 0 Å². The molecule has 0 aliphatic heterocycles. The maximum Gasteiger partial charge on any atom is 0.173 e. The van der Waals surface area contributed by atoms with Gasteiger partial charge in [0.25, 0.3) is 0 Å². The molecule has 1 unspecified atom stereocenters. The normalized spacial score (nSPS) is 12.6. The van der Waals surface area contributed by atoms with Gasteiger partial charge in [-0.2, -0.15) is 0 Å². The number of rotatable bonds is 3. The Hall–Kier alpha value is -0.800. The van der Waals surface area contributed by atoms with E-state index in [0.29, 0.717) is 5.56 Å². The molecule has 2 nitrogen and oxygen atoms in total. The summed E-state index contributed by atoms with van der Waals surface area (Å²) in [6, 6.07) is 2.93. The molecular weight excluding hydrogens is 207 g/mol. The molecule has 0 aliphatic rings. The molecule has 0 bridgehead atoms. The molecule has 0 heterocycles. The quantitative estimate of drug-likeness (QED) is 0.845. The topological polar surface area (TPSA) is 29.5 Å². The Balaban J connectivity index is 3.13. The zero-order chi connectivity index (χ0) is 10.7. The second-order valence-corrected chi connectivity index (χ2v) is 3.51. The van der Waals surface area contributed by atoms with Crippen LogP contribution in [0.15, 0.2) is 12.1 Å². The van der Waals surface area contributed by atoms with Gasteiger partial charge < -0.3 is 9.84 Å². The van der Waals surface area contributed by atoms with Crippen molar-refractivity contribution in [2.45, 2.75) is 12.8 Å². The van der Waals surface area contributed by atoms with Crippen molar-refractivity contribution in [3.05, 3.63) is 28.5 Å². The molecule has 0 aromatic heterocycles. The largest absolute Gasteiger partial charge is 0.492 e. The van der Waals surface area contributed by atoms with Crippen molar-refractivity contribution in [2.24, 2.45) is 0 Å². The highest BCUT2D eigenvalue weighted by Gasteiger charge is 2.13. The number of methoxy groups -OCH3 is 1. The second kappa shape index (κ2) is 4.62. The summed E-state index contributed by atoms with van der Waals surface area (Å²) in [4.78, 5) is 0. The van der Waals surface area contributed by atoms with Crippen LogP contribution in [0.25, 0.3) is 0 Å². The zero-order valence-corrected chi connectivity index (χ0v) is 8.81. The Morgan fingerprint density at radius 2 is 2.21 bits per heavy atom. The Kier molecular flexibility index (Phi) is 3.72. The number of halogens is 2. The van der Waals surface area contributed by atoms with E-state index < -0.39 is 5.82 Å². The molecule has 0 aliphatic carbocycles. The average Bonchev–Trinajstić information content (AvgIpc) is 2.16. The van der Waals surface area contributed by atoms with Crippen LogP contribution in [0.2, 0.25) is 5.02 Å². The van der Waals surface area contributed by atoms with E-state index in [1.165, 1.54) is 13.2 Å². The molecule has 1 aromatic rings. The molecule has 1 rings (SSSR count). The van der Waals surface area contributed by atoms with Gasteiger partial charge in [-0.25, -0.2) is 4.39 Å². The zero-order valence-electron chi connectivity index (χ0n) is 8.05. The molecule has 4 heteroatoms. The fourth-order valence-corrected chi connectivity index (χ4v) is 1.46. The molecular formula is C10H12ClFO2. The van der Waals surface area contributed by atoms with Crippen LogP contribution in [0.5, 0.6) is 5.75 Å². The first-order chi connectivity index (χ1) is 6.60. The van der Waals surface area contributed by atoms with Gasteiger partial charge in [-0.05, 0) is 17.7 Å². The molecule has 0 saturated carbocycles. The summed E-state index contributed by atoms with van der Waals surface area (Å²) in [7, 11) is 1.36. The fourth-order valence-electron chi connectivity index (χ4n) is 1.16. The van der Waals surface area contributed by atoms with Crippen LogP contribution in [0.3, 0.4) is 0 Å². The van der Waals surface area contributed by atoms with Crippen molar-refractivity contribution in [2.75, 3.05) is 13.7 Å². The van der Waals surface area contributed by atoms with Gasteiger partial charge in [0.1, 0.15) is 0 Å². The molecule has 0 spiro atoms. The van der Waals surface area contributed by atoms with Gasteiger partial charge in [-0.15, -0.1) is 0 Å². The Bertz CT molecular complexity index is 305. The van der Waals surface area contributed by atoms with Crippen molar-refractivity contribution >= 4 is 11.6 Å². The van der Waals surface area contributed by atoms with E-state index in [2.05, 4.69) is 0 Å². The smallest absolute Gasteiger partial charge is 0.173 e. The highest BCUT2D eigenvalue weighted by molar-refractivity contribution is 6.32. The standard InChI is InChI=1S/C10H12ClFO2/c1-6(5-13)7-3-8(11)10(14-2)9(12)4-7/h3-4,6,13H,5H2,1-2H3. The number of aliphatic hydroxyl groups is 1. The van der Waals surface area contributed by atoms with Crippen LogP contribution >= 0.6 is 11.6 Å². The third-order valence-corrected chi connectivity index (χ3v) is 2.35. The average molecular weight is 219 g/mol. The summed E-state index contributed by atoms with van der Waals surface area (Å²) in [6.07, 6.45) is 0. The summed E-state index contributed by atoms with van der Waals surface area (Å²) in [6.45, 7) is 1.75. The first-order valence-corrected chi connectivity index (χ1v) is 4.61. The third kappa shape index (κ3) is 2.16. The van der Waals surface area contributed by atoms with E-state index in [1.54, 1.807) is 13.0 Å². The first kappa shape index (κ1) is 11.3. The Morgan fingerprint density at radius 1 is 1.57 bits per heavy atom. The first-order valence-electron chi connectivity index (χ1n) is 4.24. The summed E-state index contributed by atoms with van der Waals surface area (Å²) in [5.74, 6) is -0.594. The minimum absolute atomic E-state index is 0.0396. The van der Waals surface area contributed by atoms with Crippen molar-refractivity contribution in [1.29, 1.82) is 0 Å². The van der Waals surface area contributed by atoms with Gasteiger partial charge in [0, 0.05) is 12.5 Å². The summed E-state index contributed by atoms with van der Waals surface area (Å²) in [5, 5.41) is 9.12. The lowest BCUT2D eigenvalue weighted by molar-refractivity contribution is 0.272. The lowest BCUT2D eigenvalue weighted by atomic mass is 10.0. The molecule has 0 radical (unpaired) electrons. The van der Waals surface area contributed by atoms with E-state index in [-0.39, 0.29) is 23.3 Å². The number of hydrogen-bond acceptors (Lipinski definition) is 2. The molecule has 78 valence electrons. The minimum Gasteiger partial charge on any atom is -0.492 e. The molecule has 0 amide bonds. The number of hydrogen-bond donors (Lipinski definition) is 1. The van der Waals surface area contributed by atoms with Crippen LogP contribution < -0.4 is 4.74 Å². The van der Waals surface area contributed by atoms with Gasteiger partial charge in [0.15, 0.2) is 11.6 Å². The summed E-state index contributed by atoms with van der Waals surface area (Å²) in [5.41, 5.74) is 0.663. The Morgan fingerprint density at radius 3 is 2.64 bits per heavy atom. The number of ether oxygens (including phenoxy) is 1. The lowest BCUT2D eigenvalue weighted by Gasteiger charge is -2.11. The molecule has 1 atom stereocenters.